The predicted molar refractivity (Wildman–Crippen MR) is 117 cm³/mol. The molecular weight excluding hydrogens is 376 g/mol. The highest BCUT2D eigenvalue weighted by Gasteiger charge is 2.20. The molecule has 1 heterocycles. The molecule has 1 amide bonds. The molecule has 0 atom stereocenters. The number of nitrogens with one attached hydrogen (secondary N) is 1. The van der Waals surface area contributed by atoms with Crippen molar-refractivity contribution in [1.82, 2.24) is 14.8 Å². The third kappa shape index (κ3) is 3.93. The Hall–Kier alpha value is -3.93. The summed E-state index contributed by atoms with van der Waals surface area (Å²) in [6.45, 7) is 4.04. The highest BCUT2D eigenvalue weighted by atomic mass is 16.5. The molecule has 6 nitrogen and oxygen atoms in total. The first-order valence-electron chi connectivity index (χ1n) is 9.60. The molecule has 150 valence electrons. The van der Waals surface area contributed by atoms with Crippen LogP contribution in [0, 0.1) is 13.8 Å². The van der Waals surface area contributed by atoms with Gasteiger partial charge in [-0.2, -0.15) is 0 Å². The minimum atomic E-state index is -0.374. The number of aryl methyl sites for hydroxylation is 2. The quantitative estimate of drug-likeness (QED) is 0.524. The lowest BCUT2D eigenvalue weighted by atomic mass is 10.1. The van der Waals surface area contributed by atoms with E-state index in [0.717, 1.165) is 28.1 Å². The molecule has 0 aliphatic carbocycles. The largest absolute Gasteiger partial charge is 0.497 e. The van der Waals surface area contributed by atoms with E-state index in [1.54, 1.807) is 36.1 Å². The molecule has 3 aromatic carbocycles. The van der Waals surface area contributed by atoms with Crippen molar-refractivity contribution in [3.63, 3.8) is 0 Å². The topological polar surface area (TPSA) is 69.0 Å². The molecule has 0 unspecified atom stereocenters. The molecule has 0 aliphatic rings. The molecule has 0 radical (unpaired) electrons. The molecule has 0 aliphatic heterocycles. The molecule has 1 N–H and O–H groups in total. The molecule has 6 heteroatoms. The van der Waals surface area contributed by atoms with Crippen LogP contribution >= 0.6 is 0 Å². The number of methoxy groups -OCH3 is 1. The van der Waals surface area contributed by atoms with E-state index in [0.29, 0.717) is 11.5 Å². The average Bonchev–Trinajstić information content (AvgIpc) is 3.22. The summed E-state index contributed by atoms with van der Waals surface area (Å²) in [5, 5.41) is 7.40. The summed E-state index contributed by atoms with van der Waals surface area (Å²) in [7, 11) is 1.60. The van der Waals surface area contributed by atoms with Crippen LogP contribution in [0.2, 0.25) is 0 Å². The van der Waals surface area contributed by atoms with Crippen molar-refractivity contribution in [2.45, 2.75) is 13.8 Å². The third-order valence-electron chi connectivity index (χ3n) is 4.78. The van der Waals surface area contributed by atoms with Gasteiger partial charge in [0.2, 0.25) is 5.82 Å². The van der Waals surface area contributed by atoms with Crippen LogP contribution in [0.4, 0.5) is 5.69 Å². The Morgan fingerprint density at radius 2 is 1.70 bits per heavy atom. The molecular formula is C24H22N4O2. The van der Waals surface area contributed by atoms with Crippen LogP contribution in [-0.4, -0.2) is 27.8 Å². The lowest BCUT2D eigenvalue weighted by Crippen LogP contribution is -2.14. The Kier molecular flexibility index (Phi) is 5.30. The number of anilines is 1. The summed E-state index contributed by atoms with van der Waals surface area (Å²) in [4.78, 5) is 17.4. The number of benzene rings is 3. The van der Waals surface area contributed by atoms with Crippen LogP contribution in [0.25, 0.3) is 17.1 Å². The summed E-state index contributed by atoms with van der Waals surface area (Å²) in [5.74, 6) is 1.06. The molecule has 4 rings (SSSR count). The minimum Gasteiger partial charge on any atom is -0.497 e. The summed E-state index contributed by atoms with van der Waals surface area (Å²) < 4.78 is 6.89. The Balaban J connectivity index is 1.75. The maximum atomic E-state index is 12.9. The number of ether oxygens (including phenoxy) is 1. The smallest absolute Gasteiger partial charge is 0.295 e. The molecule has 0 saturated carbocycles. The highest BCUT2D eigenvalue weighted by molar-refractivity contribution is 6.01. The van der Waals surface area contributed by atoms with Gasteiger partial charge in [0, 0.05) is 11.3 Å². The first kappa shape index (κ1) is 19.4. The van der Waals surface area contributed by atoms with Crippen molar-refractivity contribution in [2.75, 3.05) is 12.4 Å². The average molecular weight is 398 g/mol. The van der Waals surface area contributed by atoms with E-state index >= 15 is 0 Å². The van der Waals surface area contributed by atoms with E-state index in [9.17, 15) is 4.79 Å². The van der Waals surface area contributed by atoms with Gasteiger partial charge in [0.05, 0.1) is 12.8 Å². The zero-order valence-corrected chi connectivity index (χ0v) is 17.1. The number of carbonyl (C=O) groups excluding carboxylic acids is 1. The number of nitrogens with zero attached hydrogens (tertiary/aromatic N) is 3. The van der Waals surface area contributed by atoms with Gasteiger partial charge in [-0.15, -0.1) is 5.10 Å². The zero-order valence-electron chi connectivity index (χ0n) is 17.1. The van der Waals surface area contributed by atoms with Crippen molar-refractivity contribution in [3.8, 4) is 22.8 Å². The maximum absolute atomic E-state index is 12.9. The van der Waals surface area contributed by atoms with Crippen LogP contribution in [-0.2, 0) is 0 Å². The second kappa shape index (κ2) is 8.21. The molecule has 0 saturated heterocycles. The minimum absolute atomic E-state index is 0.102. The first-order chi connectivity index (χ1) is 14.5. The first-order valence-corrected chi connectivity index (χ1v) is 9.60. The number of aromatic nitrogens is 3. The van der Waals surface area contributed by atoms with Gasteiger partial charge in [-0.3, -0.25) is 4.79 Å². The number of carbonyl (C=O) groups is 1. The molecule has 30 heavy (non-hydrogen) atoms. The number of rotatable bonds is 5. The van der Waals surface area contributed by atoms with E-state index in [4.69, 9.17) is 4.74 Å². The fourth-order valence-electron chi connectivity index (χ4n) is 3.16. The molecule has 4 aromatic rings. The summed E-state index contributed by atoms with van der Waals surface area (Å²) in [6.07, 6.45) is 0. The molecule has 0 spiro atoms. The fraction of sp³-hybridized carbons (Fsp3) is 0.125. The predicted octanol–water partition coefficient (Wildman–Crippen LogP) is 4.81. The lowest BCUT2D eigenvalue weighted by Gasteiger charge is -2.10. The van der Waals surface area contributed by atoms with E-state index in [1.165, 1.54) is 0 Å². The highest BCUT2D eigenvalue weighted by Crippen LogP contribution is 2.24. The molecule has 0 fully saturated rings. The van der Waals surface area contributed by atoms with Crippen LogP contribution in [0.3, 0.4) is 0 Å². The zero-order chi connectivity index (χ0) is 21.1. The Bertz CT molecular complexity index is 1180. The monoisotopic (exact) mass is 398 g/mol. The summed E-state index contributed by atoms with van der Waals surface area (Å²) >= 11 is 0. The summed E-state index contributed by atoms with van der Waals surface area (Å²) in [6, 6.07) is 23.0. The van der Waals surface area contributed by atoms with Gasteiger partial charge in [0.1, 0.15) is 5.75 Å². The lowest BCUT2D eigenvalue weighted by molar-refractivity contribution is 0.101. The Labute approximate surface area is 175 Å². The normalized spacial score (nSPS) is 10.6. The SMILES string of the molecule is COc1ccc(NC(=O)c2nc(-c3ccccc3)n(-c3cc(C)ccc3C)n2)cc1. The fourth-order valence-corrected chi connectivity index (χ4v) is 3.16. The van der Waals surface area contributed by atoms with Crippen molar-refractivity contribution >= 4 is 11.6 Å². The van der Waals surface area contributed by atoms with Gasteiger partial charge < -0.3 is 10.1 Å². The van der Waals surface area contributed by atoms with Crippen LogP contribution in [0.1, 0.15) is 21.7 Å². The second-order valence-corrected chi connectivity index (χ2v) is 7.01. The number of hydrogen-bond donors (Lipinski definition) is 1. The van der Waals surface area contributed by atoms with E-state index < -0.39 is 0 Å². The Morgan fingerprint density at radius 3 is 2.40 bits per heavy atom. The van der Waals surface area contributed by atoms with Crippen molar-refractivity contribution in [3.05, 3.63) is 89.7 Å². The maximum Gasteiger partial charge on any atom is 0.295 e. The van der Waals surface area contributed by atoms with Gasteiger partial charge in [-0.05, 0) is 55.3 Å². The van der Waals surface area contributed by atoms with E-state index in [2.05, 4.69) is 21.5 Å². The Morgan fingerprint density at radius 1 is 0.967 bits per heavy atom. The van der Waals surface area contributed by atoms with Gasteiger partial charge in [-0.25, -0.2) is 9.67 Å². The second-order valence-electron chi connectivity index (χ2n) is 7.01. The number of hydrogen-bond acceptors (Lipinski definition) is 4. The summed E-state index contributed by atoms with van der Waals surface area (Å²) in [5.41, 5.74) is 4.57. The van der Waals surface area contributed by atoms with Crippen LogP contribution in [0.15, 0.2) is 72.8 Å². The van der Waals surface area contributed by atoms with Gasteiger partial charge >= 0.3 is 0 Å². The number of amides is 1. The molecule has 1 aromatic heterocycles. The van der Waals surface area contributed by atoms with Crippen LogP contribution in [0.5, 0.6) is 5.75 Å². The van der Waals surface area contributed by atoms with E-state index in [1.807, 2.05) is 56.3 Å². The van der Waals surface area contributed by atoms with Crippen molar-refractivity contribution in [1.29, 1.82) is 0 Å². The van der Waals surface area contributed by atoms with Gasteiger partial charge in [0.25, 0.3) is 5.91 Å². The van der Waals surface area contributed by atoms with E-state index in [-0.39, 0.29) is 11.7 Å². The van der Waals surface area contributed by atoms with Gasteiger partial charge in [0.15, 0.2) is 5.82 Å². The van der Waals surface area contributed by atoms with Crippen molar-refractivity contribution in [2.24, 2.45) is 0 Å². The third-order valence-corrected chi connectivity index (χ3v) is 4.78. The molecule has 0 bridgehead atoms. The van der Waals surface area contributed by atoms with Gasteiger partial charge in [-0.1, -0.05) is 42.5 Å². The standard InChI is InChI=1S/C24H22N4O2/c1-16-9-10-17(2)21(15-16)28-23(18-7-5-4-6-8-18)26-22(27-28)24(29)25-19-11-13-20(30-3)14-12-19/h4-15H,1-3H3,(H,25,29). The van der Waals surface area contributed by atoms with Crippen LogP contribution < -0.4 is 10.1 Å². The van der Waals surface area contributed by atoms with Crippen molar-refractivity contribution < 1.29 is 9.53 Å².